The number of aromatic nitrogens is 4. The van der Waals surface area contributed by atoms with Gasteiger partial charge < -0.3 is 4.74 Å². The molecule has 6 heteroatoms. The molecule has 0 aliphatic rings. The zero-order valence-corrected chi connectivity index (χ0v) is 19.7. The van der Waals surface area contributed by atoms with Gasteiger partial charge in [-0.25, -0.2) is 14.5 Å². The molecule has 174 valence electrons. The van der Waals surface area contributed by atoms with Gasteiger partial charge in [0.25, 0.3) is 0 Å². The first-order chi connectivity index (χ1) is 18.7. The molecule has 36 heavy (non-hydrogen) atoms. The first-order valence-electron chi connectivity index (χ1n) is 13.0. The van der Waals surface area contributed by atoms with Crippen LogP contribution in [-0.4, -0.2) is 19.3 Å². The molecule has 3 heterocycles. The highest BCUT2D eigenvalue weighted by Crippen LogP contribution is 2.36. The highest BCUT2D eigenvalue weighted by atomic mass is 16.5. The van der Waals surface area contributed by atoms with Crippen molar-refractivity contribution in [1.82, 2.24) is 19.3 Å². The van der Waals surface area contributed by atoms with E-state index in [-0.39, 0.29) is 5.56 Å². The lowest BCUT2D eigenvalue weighted by Gasteiger charge is -2.12. The monoisotopic (exact) mass is 472 g/mol. The highest BCUT2D eigenvalue weighted by molar-refractivity contribution is 6.09. The van der Waals surface area contributed by atoms with Crippen molar-refractivity contribution >= 4 is 27.5 Å². The number of aryl methyl sites for hydroxylation is 3. The third-order valence-electron chi connectivity index (χ3n) is 6.11. The van der Waals surface area contributed by atoms with Crippen molar-refractivity contribution in [2.24, 2.45) is 0 Å². The van der Waals surface area contributed by atoms with Crippen LogP contribution >= 0.6 is 0 Å². The second-order valence-corrected chi connectivity index (χ2v) is 8.67. The normalized spacial score (nSPS) is 12.8. The summed E-state index contributed by atoms with van der Waals surface area (Å²) in [5, 5.41) is 6.55. The predicted molar refractivity (Wildman–Crippen MR) is 143 cm³/mol. The molecule has 0 bridgehead atoms. The fraction of sp³-hybridized carbons (Fsp3) is 0.100. The van der Waals surface area contributed by atoms with Crippen LogP contribution in [0.4, 0.5) is 5.69 Å². The van der Waals surface area contributed by atoms with Gasteiger partial charge in [0.2, 0.25) is 0 Å². The Morgan fingerprint density at radius 3 is 2.56 bits per heavy atom. The topological polar surface area (TPSA) is 49.2 Å². The summed E-state index contributed by atoms with van der Waals surface area (Å²) in [7, 11) is 0. The van der Waals surface area contributed by atoms with E-state index in [9.17, 15) is 0 Å². The van der Waals surface area contributed by atoms with Crippen LogP contribution in [0.25, 0.3) is 38.2 Å². The summed E-state index contributed by atoms with van der Waals surface area (Å²) in [4.78, 5) is 8.14. The van der Waals surface area contributed by atoms with E-state index in [2.05, 4.69) is 14.9 Å². The molecule has 0 saturated heterocycles. The molecule has 0 radical (unpaired) electrons. The molecule has 0 atom stereocenters. The van der Waals surface area contributed by atoms with Crippen molar-refractivity contribution in [2.45, 2.75) is 20.7 Å². The molecule has 6 nitrogen and oxygen atoms in total. The minimum absolute atomic E-state index is 0.221. The number of rotatable bonds is 4. The summed E-state index contributed by atoms with van der Waals surface area (Å²) in [5.41, 5.74) is 4.97. The molecule has 3 aromatic heterocycles. The molecular weight excluding hydrogens is 446 g/mol. The summed E-state index contributed by atoms with van der Waals surface area (Å²) in [5.74, 6) is 1.59. The van der Waals surface area contributed by atoms with Gasteiger partial charge in [-0.05, 0) is 74.8 Å². The van der Waals surface area contributed by atoms with E-state index in [1.54, 1.807) is 22.9 Å². The van der Waals surface area contributed by atoms with Gasteiger partial charge >= 0.3 is 0 Å². The van der Waals surface area contributed by atoms with E-state index < -0.39 is 6.85 Å². The zero-order valence-electron chi connectivity index (χ0n) is 22.7. The molecular formula is C30H23N5O. The number of nitrogens with zero attached hydrogens (tertiary/aromatic N) is 5. The van der Waals surface area contributed by atoms with Gasteiger partial charge in [-0.3, -0.25) is 4.57 Å². The molecule has 0 unspecified atom stereocenters. The Hall–Kier alpha value is -4.89. The number of para-hydroxylation sites is 1. The molecule has 0 saturated carbocycles. The van der Waals surface area contributed by atoms with Crippen LogP contribution < -0.4 is 4.74 Å². The second-order valence-electron chi connectivity index (χ2n) is 8.67. The lowest BCUT2D eigenvalue weighted by atomic mass is 10.1. The first-order valence-corrected chi connectivity index (χ1v) is 11.5. The van der Waals surface area contributed by atoms with Crippen molar-refractivity contribution in [1.29, 1.82) is 0 Å². The average molecular weight is 473 g/mol. The Balaban J connectivity index is 1.49. The molecule has 0 aliphatic heterocycles. The standard InChI is InChI=1S/C30H23N5O/c1-19-11-12-32-30(13-19)34-28-8-6-5-7-26(28)27-10-9-24(18-29(27)34)36-25-16-22(31-4)15-23(17-25)35-21(3)14-20(2)33-35/h5-18H,1-3H3/i1D3. The van der Waals surface area contributed by atoms with E-state index >= 15 is 0 Å². The molecule has 0 amide bonds. The van der Waals surface area contributed by atoms with Crippen molar-refractivity contribution in [3.8, 4) is 23.0 Å². The Morgan fingerprint density at radius 1 is 0.889 bits per heavy atom. The summed E-state index contributed by atoms with van der Waals surface area (Å²) >= 11 is 0. The first kappa shape index (κ1) is 18.4. The van der Waals surface area contributed by atoms with Crippen LogP contribution in [0.2, 0.25) is 0 Å². The van der Waals surface area contributed by atoms with Crippen molar-refractivity contribution < 1.29 is 8.85 Å². The Labute approximate surface area is 213 Å². The maximum Gasteiger partial charge on any atom is 0.193 e. The molecule has 0 N–H and O–H groups in total. The van der Waals surface area contributed by atoms with Gasteiger partial charge in [0, 0.05) is 38.9 Å². The van der Waals surface area contributed by atoms with E-state index in [1.165, 1.54) is 12.3 Å². The van der Waals surface area contributed by atoms with Gasteiger partial charge in [0.15, 0.2) is 5.69 Å². The molecule has 3 aromatic carbocycles. The molecule has 0 aliphatic carbocycles. The predicted octanol–water partition coefficient (Wildman–Crippen LogP) is 7.63. The molecule has 6 rings (SSSR count). The van der Waals surface area contributed by atoms with Gasteiger partial charge in [-0.1, -0.05) is 18.2 Å². The molecule has 6 aromatic rings. The van der Waals surface area contributed by atoms with Crippen LogP contribution in [0, 0.1) is 27.3 Å². The zero-order chi connectivity index (χ0) is 27.3. The SMILES string of the molecule is [2H]C([2H])([2H])c1ccnc(-n2c3ccccc3c3ccc(Oc4cc([N+]#[C-])cc(-n5nc(C)cc5C)c4)cc32)c1. The van der Waals surface area contributed by atoms with Gasteiger partial charge in [0.1, 0.15) is 17.3 Å². The Bertz CT molecular complexity index is 1930. The summed E-state index contributed by atoms with van der Waals surface area (Å²) in [6.45, 7) is 9.23. The van der Waals surface area contributed by atoms with Crippen molar-refractivity contribution in [3.63, 3.8) is 0 Å². The maximum atomic E-state index is 7.86. The van der Waals surface area contributed by atoms with Crippen molar-refractivity contribution in [3.05, 3.63) is 113 Å². The van der Waals surface area contributed by atoms with Crippen LogP contribution in [0.3, 0.4) is 0 Å². The molecule has 0 fully saturated rings. The number of hydrogen-bond donors (Lipinski definition) is 0. The van der Waals surface area contributed by atoms with Gasteiger partial charge in [0.05, 0.1) is 29.0 Å². The fourth-order valence-corrected chi connectivity index (χ4v) is 4.64. The van der Waals surface area contributed by atoms with E-state index in [0.717, 1.165) is 38.9 Å². The largest absolute Gasteiger partial charge is 0.459 e. The minimum atomic E-state index is -2.25. The average Bonchev–Trinajstić information content (AvgIpc) is 3.43. The van der Waals surface area contributed by atoms with E-state index in [1.807, 2.05) is 73.0 Å². The smallest absolute Gasteiger partial charge is 0.193 e. The number of hydrogen-bond acceptors (Lipinski definition) is 3. The number of pyridine rings is 1. The Kier molecular flexibility index (Phi) is 4.30. The third kappa shape index (κ3) is 3.68. The lowest BCUT2D eigenvalue weighted by molar-refractivity contribution is 0.483. The number of fused-ring (bicyclic) bond motifs is 3. The second kappa shape index (κ2) is 8.40. The maximum absolute atomic E-state index is 7.86. The van der Waals surface area contributed by atoms with Gasteiger partial charge in [-0.2, -0.15) is 5.10 Å². The number of ether oxygens (including phenoxy) is 1. The quantitative estimate of drug-likeness (QED) is 0.248. The lowest BCUT2D eigenvalue weighted by Crippen LogP contribution is -1.99. The van der Waals surface area contributed by atoms with Crippen LogP contribution in [0.1, 0.15) is 21.1 Å². The minimum Gasteiger partial charge on any atom is -0.459 e. The van der Waals surface area contributed by atoms with Gasteiger partial charge in [-0.15, -0.1) is 0 Å². The Morgan fingerprint density at radius 2 is 1.75 bits per heavy atom. The van der Waals surface area contributed by atoms with E-state index in [4.69, 9.17) is 15.4 Å². The summed E-state index contributed by atoms with van der Waals surface area (Å²) in [6, 6.07) is 24.1. The molecule has 0 spiro atoms. The highest BCUT2D eigenvalue weighted by Gasteiger charge is 2.15. The number of benzene rings is 3. The van der Waals surface area contributed by atoms with Crippen molar-refractivity contribution in [2.75, 3.05) is 0 Å². The summed E-state index contributed by atoms with van der Waals surface area (Å²) in [6.07, 6.45) is 1.52. The fourth-order valence-electron chi connectivity index (χ4n) is 4.64. The van der Waals surface area contributed by atoms with E-state index in [0.29, 0.717) is 23.0 Å². The van der Waals surface area contributed by atoms with Crippen LogP contribution in [0.5, 0.6) is 11.5 Å². The van der Waals surface area contributed by atoms with Crippen LogP contribution in [0.15, 0.2) is 85.1 Å². The van der Waals surface area contributed by atoms with Crippen LogP contribution in [-0.2, 0) is 0 Å². The third-order valence-corrected chi connectivity index (χ3v) is 6.11. The summed E-state index contributed by atoms with van der Waals surface area (Å²) < 4.78 is 33.6.